The average molecular weight is 305 g/mol. The molecule has 0 aliphatic carbocycles. The predicted molar refractivity (Wildman–Crippen MR) is 84.4 cm³/mol. The van der Waals surface area contributed by atoms with Gasteiger partial charge < -0.3 is 20.4 Å². The second-order valence-corrected chi connectivity index (χ2v) is 5.21. The molecule has 2 N–H and O–H groups in total. The number of nitrogens with zero attached hydrogens (tertiary/aromatic N) is 4. The lowest BCUT2D eigenvalue weighted by Crippen LogP contribution is -2.54. The van der Waals surface area contributed by atoms with Gasteiger partial charge >= 0.3 is 6.03 Å². The van der Waals surface area contributed by atoms with E-state index in [9.17, 15) is 9.59 Å². The highest BCUT2D eigenvalue weighted by Gasteiger charge is 2.27. The quantitative estimate of drug-likeness (QED) is 0.899. The van der Waals surface area contributed by atoms with Crippen molar-refractivity contribution in [3.63, 3.8) is 0 Å². The van der Waals surface area contributed by atoms with Gasteiger partial charge in [0, 0.05) is 39.3 Å². The van der Waals surface area contributed by atoms with Crippen molar-refractivity contribution in [2.45, 2.75) is 13.8 Å². The molecule has 0 saturated carbocycles. The van der Waals surface area contributed by atoms with Gasteiger partial charge in [0.15, 0.2) is 0 Å². The number of aromatic nitrogens is 1. The van der Waals surface area contributed by atoms with E-state index in [-0.39, 0.29) is 11.9 Å². The monoisotopic (exact) mass is 305 g/mol. The number of nitrogens with two attached hydrogens (primary N) is 1. The van der Waals surface area contributed by atoms with Crippen molar-refractivity contribution in [2.24, 2.45) is 0 Å². The van der Waals surface area contributed by atoms with Crippen LogP contribution >= 0.6 is 0 Å². The second kappa shape index (κ2) is 7.11. The van der Waals surface area contributed by atoms with E-state index in [1.165, 1.54) is 6.20 Å². The third-order valence-electron chi connectivity index (χ3n) is 3.88. The fourth-order valence-corrected chi connectivity index (χ4v) is 2.49. The molecule has 1 fully saturated rings. The highest BCUT2D eigenvalue weighted by Crippen LogP contribution is 2.10. The molecule has 3 amide bonds. The Kier molecular flexibility index (Phi) is 5.19. The molecule has 120 valence electrons. The molecule has 7 nitrogen and oxygen atoms in total. The maximum absolute atomic E-state index is 12.3. The molecule has 0 spiro atoms. The largest absolute Gasteiger partial charge is 0.397 e. The number of nitrogen functional groups attached to an aromatic ring is 1. The summed E-state index contributed by atoms with van der Waals surface area (Å²) in [5.41, 5.74) is 6.50. The molecule has 2 heterocycles. The van der Waals surface area contributed by atoms with Gasteiger partial charge in [0.25, 0.3) is 5.91 Å². The summed E-state index contributed by atoms with van der Waals surface area (Å²) in [6.07, 6.45) is 1.48. The number of piperazine rings is 1. The first-order valence-corrected chi connectivity index (χ1v) is 7.61. The van der Waals surface area contributed by atoms with Gasteiger partial charge in [0.2, 0.25) is 0 Å². The molecule has 1 saturated heterocycles. The Morgan fingerprint density at radius 3 is 2.23 bits per heavy atom. The van der Waals surface area contributed by atoms with Crippen LogP contribution in [0.3, 0.4) is 0 Å². The van der Waals surface area contributed by atoms with E-state index in [0.29, 0.717) is 50.6 Å². The van der Waals surface area contributed by atoms with Crippen molar-refractivity contribution < 1.29 is 9.59 Å². The zero-order chi connectivity index (χ0) is 16.1. The third kappa shape index (κ3) is 3.47. The number of hydrogen-bond acceptors (Lipinski definition) is 4. The van der Waals surface area contributed by atoms with E-state index in [1.807, 2.05) is 13.8 Å². The predicted octanol–water partition coefficient (Wildman–Crippen LogP) is 0.883. The molecular weight excluding hydrogens is 282 g/mol. The summed E-state index contributed by atoms with van der Waals surface area (Å²) in [6.45, 7) is 7.48. The zero-order valence-electron chi connectivity index (χ0n) is 13.2. The molecule has 7 heteroatoms. The molecule has 0 unspecified atom stereocenters. The Bertz CT molecular complexity index is 519. The summed E-state index contributed by atoms with van der Waals surface area (Å²) in [5.74, 6) is -0.116. The standard InChI is InChI=1S/C15H23N5O2/c1-3-18(4-2)15(22)20-9-7-19(8-10-20)14(21)13-6-5-12(16)11-17-13/h5-6,11H,3-4,7-10,16H2,1-2H3. The number of carbonyl (C=O) groups excluding carboxylic acids is 2. The van der Waals surface area contributed by atoms with Gasteiger partial charge in [-0.05, 0) is 26.0 Å². The molecule has 0 atom stereocenters. The summed E-state index contributed by atoms with van der Waals surface area (Å²) >= 11 is 0. The van der Waals surface area contributed by atoms with Crippen LogP contribution < -0.4 is 5.73 Å². The van der Waals surface area contributed by atoms with Crippen LogP contribution in [-0.4, -0.2) is 70.9 Å². The zero-order valence-corrected chi connectivity index (χ0v) is 13.2. The highest BCUT2D eigenvalue weighted by molar-refractivity contribution is 5.92. The lowest BCUT2D eigenvalue weighted by molar-refractivity contribution is 0.0636. The van der Waals surface area contributed by atoms with E-state index in [2.05, 4.69) is 4.98 Å². The van der Waals surface area contributed by atoms with Gasteiger partial charge in [0.05, 0.1) is 11.9 Å². The number of rotatable bonds is 3. The summed E-state index contributed by atoms with van der Waals surface area (Å²) < 4.78 is 0. The van der Waals surface area contributed by atoms with Crippen molar-refractivity contribution in [1.29, 1.82) is 0 Å². The van der Waals surface area contributed by atoms with Crippen LogP contribution in [-0.2, 0) is 0 Å². The van der Waals surface area contributed by atoms with Crippen LogP contribution in [0.15, 0.2) is 18.3 Å². The summed E-state index contributed by atoms with van der Waals surface area (Å²) in [7, 11) is 0. The van der Waals surface area contributed by atoms with Gasteiger partial charge in [-0.1, -0.05) is 0 Å². The molecule has 1 aliphatic heterocycles. The number of amides is 3. The van der Waals surface area contributed by atoms with Crippen LogP contribution in [0.5, 0.6) is 0 Å². The first-order valence-electron chi connectivity index (χ1n) is 7.61. The van der Waals surface area contributed by atoms with Crippen molar-refractivity contribution in [3.8, 4) is 0 Å². The molecule has 1 aliphatic rings. The van der Waals surface area contributed by atoms with Gasteiger partial charge in [-0.3, -0.25) is 4.79 Å². The third-order valence-corrected chi connectivity index (χ3v) is 3.88. The van der Waals surface area contributed by atoms with Gasteiger partial charge in [0.1, 0.15) is 5.69 Å². The molecule has 0 bridgehead atoms. The molecule has 1 aromatic rings. The fourth-order valence-electron chi connectivity index (χ4n) is 2.49. The fraction of sp³-hybridized carbons (Fsp3) is 0.533. The number of carbonyl (C=O) groups is 2. The first-order chi connectivity index (χ1) is 10.6. The van der Waals surface area contributed by atoms with E-state index in [4.69, 9.17) is 5.73 Å². The Labute approximate surface area is 130 Å². The average Bonchev–Trinajstić information content (AvgIpc) is 2.56. The molecular formula is C15H23N5O2. The summed E-state index contributed by atoms with van der Waals surface area (Å²) in [4.78, 5) is 34.0. The minimum absolute atomic E-state index is 0.0442. The Morgan fingerprint density at radius 1 is 1.14 bits per heavy atom. The minimum Gasteiger partial charge on any atom is -0.397 e. The molecule has 22 heavy (non-hydrogen) atoms. The number of anilines is 1. The van der Waals surface area contributed by atoms with Crippen LogP contribution in [0.2, 0.25) is 0 Å². The normalized spacial score (nSPS) is 14.8. The Morgan fingerprint density at radius 2 is 1.73 bits per heavy atom. The number of pyridine rings is 1. The SMILES string of the molecule is CCN(CC)C(=O)N1CCN(C(=O)c2ccc(N)cn2)CC1. The van der Waals surface area contributed by atoms with Crippen LogP contribution in [0.1, 0.15) is 24.3 Å². The van der Waals surface area contributed by atoms with E-state index < -0.39 is 0 Å². The van der Waals surface area contributed by atoms with Crippen LogP contribution in [0, 0.1) is 0 Å². The lowest BCUT2D eigenvalue weighted by atomic mass is 10.2. The van der Waals surface area contributed by atoms with Gasteiger partial charge in [-0.25, -0.2) is 9.78 Å². The number of hydrogen-bond donors (Lipinski definition) is 1. The summed E-state index contributed by atoms with van der Waals surface area (Å²) in [5, 5.41) is 0. The first kappa shape index (κ1) is 16.1. The van der Waals surface area contributed by atoms with Crippen molar-refractivity contribution >= 4 is 17.6 Å². The Balaban J connectivity index is 1.93. The van der Waals surface area contributed by atoms with Crippen LogP contribution in [0.4, 0.5) is 10.5 Å². The topological polar surface area (TPSA) is 82.8 Å². The van der Waals surface area contributed by atoms with E-state index in [0.717, 1.165) is 0 Å². The summed E-state index contributed by atoms with van der Waals surface area (Å²) in [6, 6.07) is 3.34. The van der Waals surface area contributed by atoms with Gasteiger partial charge in [-0.2, -0.15) is 0 Å². The van der Waals surface area contributed by atoms with E-state index >= 15 is 0 Å². The van der Waals surface area contributed by atoms with Crippen molar-refractivity contribution in [1.82, 2.24) is 19.7 Å². The minimum atomic E-state index is -0.116. The highest BCUT2D eigenvalue weighted by atomic mass is 16.2. The molecule has 1 aromatic heterocycles. The molecule has 0 radical (unpaired) electrons. The lowest BCUT2D eigenvalue weighted by Gasteiger charge is -2.37. The van der Waals surface area contributed by atoms with Crippen molar-refractivity contribution in [3.05, 3.63) is 24.0 Å². The molecule has 2 rings (SSSR count). The number of urea groups is 1. The van der Waals surface area contributed by atoms with Crippen LogP contribution in [0.25, 0.3) is 0 Å². The maximum atomic E-state index is 12.3. The molecule has 0 aromatic carbocycles. The van der Waals surface area contributed by atoms with Crippen molar-refractivity contribution in [2.75, 3.05) is 45.0 Å². The van der Waals surface area contributed by atoms with E-state index in [1.54, 1.807) is 26.8 Å². The van der Waals surface area contributed by atoms with Gasteiger partial charge in [-0.15, -0.1) is 0 Å². The Hall–Kier alpha value is -2.31. The second-order valence-electron chi connectivity index (χ2n) is 5.21. The smallest absolute Gasteiger partial charge is 0.320 e. The maximum Gasteiger partial charge on any atom is 0.320 e.